The normalized spacial score (nSPS) is 10.7. The number of nitrogens with one attached hydrogen (secondary N) is 2. The Labute approximate surface area is 189 Å². The molecule has 0 atom stereocenters. The number of furan rings is 1. The lowest BCUT2D eigenvalue weighted by Crippen LogP contribution is -2.34. The zero-order valence-corrected chi connectivity index (χ0v) is 17.9. The Morgan fingerprint density at radius 1 is 1.00 bits per heavy atom. The van der Waals surface area contributed by atoms with Gasteiger partial charge in [-0.1, -0.05) is 11.6 Å². The number of carbonyl (C=O) groups excluding carboxylic acids is 3. The standard InChI is InChI=1S/C23H20ClN3O5/c1-2-31-23(30)15-3-7-18(8-4-15)27-22(29)21(28)26-14-20-12-11-19(32-20)13-25-17-9-5-16(24)6-10-17/h3-13H,2,14H2,1H3,(H,26,28)(H,27,29). The maximum absolute atomic E-state index is 12.1. The molecule has 164 valence electrons. The molecule has 0 saturated carbocycles. The molecule has 1 aromatic heterocycles. The molecule has 3 aromatic rings. The van der Waals surface area contributed by atoms with E-state index in [9.17, 15) is 14.4 Å². The van der Waals surface area contributed by atoms with Crippen molar-refractivity contribution in [1.82, 2.24) is 5.32 Å². The summed E-state index contributed by atoms with van der Waals surface area (Å²) in [5.74, 6) is -1.17. The van der Waals surface area contributed by atoms with E-state index in [1.807, 2.05) is 0 Å². The maximum Gasteiger partial charge on any atom is 0.338 e. The molecule has 0 bridgehead atoms. The molecule has 2 aromatic carbocycles. The van der Waals surface area contributed by atoms with Gasteiger partial charge in [0.25, 0.3) is 0 Å². The van der Waals surface area contributed by atoms with Gasteiger partial charge in [0.1, 0.15) is 11.5 Å². The Balaban J connectivity index is 1.48. The van der Waals surface area contributed by atoms with Crippen molar-refractivity contribution in [2.75, 3.05) is 11.9 Å². The molecule has 0 spiro atoms. The summed E-state index contributed by atoms with van der Waals surface area (Å²) < 4.78 is 10.5. The van der Waals surface area contributed by atoms with E-state index in [-0.39, 0.29) is 13.2 Å². The van der Waals surface area contributed by atoms with Crippen LogP contribution in [-0.2, 0) is 20.9 Å². The van der Waals surface area contributed by atoms with Crippen LogP contribution >= 0.6 is 11.6 Å². The quantitative estimate of drug-likeness (QED) is 0.317. The minimum Gasteiger partial charge on any atom is -0.462 e. The van der Waals surface area contributed by atoms with Crippen LogP contribution in [0.2, 0.25) is 5.02 Å². The average molecular weight is 454 g/mol. The summed E-state index contributed by atoms with van der Waals surface area (Å²) in [5, 5.41) is 5.56. The molecule has 32 heavy (non-hydrogen) atoms. The number of ether oxygens (including phenoxy) is 1. The smallest absolute Gasteiger partial charge is 0.338 e. The van der Waals surface area contributed by atoms with Crippen molar-refractivity contribution in [1.29, 1.82) is 0 Å². The van der Waals surface area contributed by atoms with Gasteiger partial charge in [-0.25, -0.2) is 4.79 Å². The fourth-order valence-corrected chi connectivity index (χ4v) is 2.69. The zero-order chi connectivity index (χ0) is 22.9. The Morgan fingerprint density at radius 3 is 2.41 bits per heavy atom. The molecule has 0 aliphatic rings. The van der Waals surface area contributed by atoms with E-state index < -0.39 is 17.8 Å². The molecule has 0 radical (unpaired) electrons. The number of halogens is 1. The highest BCUT2D eigenvalue weighted by molar-refractivity contribution is 6.39. The fraction of sp³-hybridized carbons (Fsp3) is 0.130. The molecular formula is C23H20ClN3O5. The average Bonchev–Trinajstić information content (AvgIpc) is 3.25. The number of carbonyl (C=O) groups is 3. The van der Waals surface area contributed by atoms with Crippen molar-refractivity contribution < 1.29 is 23.5 Å². The highest BCUT2D eigenvalue weighted by Crippen LogP contribution is 2.16. The lowest BCUT2D eigenvalue weighted by molar-refractivity contribution is -0.136. The van der Waals surface area contributed by atoms with Gasteiger partial charge in [0.15, 0.2) is 0 Å². The van der Waals surface area contributed by atoms with Crippen molar-refractivity contribution in [2.45, 2.75) is 13.5 Å². The van der Waals surface area contributed by atoms with Gasteiger partial charge in [0.05, 0.1) is 30.6 Å². The van der Waals surface area contributed by atoms with E-state index in [0.717, 1.165) is 0 Å². The summed E-state index contributed by atoms with van der Waals surface area (Å²) in [7, 11) is 0. The summed E-state index contributed by atoms with van der Waals surface area (Å²) >= 11 is 5.84. The van der Waals surface area contributed by atoms with Crippen molar-refractivity contribution in [3.05, 3.63) is 82.8 Å². The van der Waals surface area contributed by atoms with E-state index in [0.29, 0.717) is 33.5 Å². The molecule has 2 amide bonds. The third-order valence-electron chi connectivity index (χ3n) is 4.13. The third kappa shape index (κ3) is 6.55. The van der Waals surface area contributed by atoms with Gasteiger partial charge in [0.2, 0.25) is 0 Å². The van der Waals surface area contributed by atoms with E-state index in [1.165, 1.54) is 24.3 Å². The van der Waals surface area contributed by atoms with Gasteiger partial charge < -0.3 is 19.8 Å². The van der Waals surface area contributed by atoms with Crippen molar-refractivity contribution in [3.63, 3.8) is 0 Å². The first kappa shape index (κ1) is 22.8. The van der Waals surface area contributed by atoms with Crippen LogP contribution in [-0.4, -0.2) is 30.6 Å². The molecule has 9 heteroatoms. The van der Waals surface area contributed by atoms with Gasteiger partial charge in [0, 0.05) is 10.7 Å². The van der Waals surface area contributed by atoms with E-state index >= 15 is 0 Å². The first-order chi connectivity index (χ1) is 15.4. The lowest BCUT2D eigenvalue weighted by Gasteiger charge is -2.06. The van der Waals surface area contributed by atoms with Gasteiger partial charge in [-0.3, -0.25) is 14.6 Å². The molecule has 1 heterocycles. The Hall–Kier alpha value is -3.91. The van der Waals surface area contributed by atoms with E-state index in [4.69, 9.17) is 20.8 Å². The minimum absolute atomic E-state index is 0.0306. The van der Waals surface area contributed by atoms with Crippen LogP contribution in [0.3, 0.4) is 0 Å². The molecular weight excluding hydrogens is 434 g/mol. The predicted octanol–water partition coefficient (Wildman–Crippen LogP) is 4.12. The second-order valence-corrected chi connectivity index (χ2v) is 6.91. The van der Waals surface area contributed by atoms with Crippen LogP contribution in [0.4, 0.5) is 11.4 Å². The molecule has 0 fully saturated rings. The SMILES string of the molecule is CCOC(=O)c1ccc(NC(=O)C(=O)NCc2ccc(C=Nc3ccc(Cl)cc3)o2)cc1. The van der Waals surface area contributed by atoms with Gasteiger partial charge in [-0.05, 0) is 67.6 Å². The molecule has 0 aliphatic heterocycles. The van der Waals surface area contributed by atoms with Crippen LogP contribution in [0.25, 0.3) is 0 Å². The summed E-state index contributed by atoms with van der Waals surface area (Å²) in [5.41, 5.74) is 1.44. The number of hydrogen-bond acceptors (Lipinski definition) is 6. The largest absolute Gasteiger partial charge is 0.462 e. The van der Waals surface area contributed by atoms with Gasteiger partial charge in [-0.2, -0.15) is 0 Å². The molecule has 2 N–H and O–H groups in total. The number of rotatable bonds is 7. The summed E-state index contributed by atoms with van der Waals surface area (Å²) in [4.78, 5) is 40.0. The predicted molar refractivity (Wildman–Crippen MR) is 120 cm³/mol. The third-order valence-corrected chi connectivity index (χ3v) is 4.39. The van der Waals surface area contributed by atoms with E-state index in [2.05, 4.69) is 15.6 Å². The topological polar surface area (TPSA) is 110 Å². The Kier molecular flexibility index (Phi) is 7.77. The van der Waals surface area contributed by atoms with Crippen LogP contribution in [0.5, 0.6) is 0 Å². The summed E-state index contributed by atoms with van der Waals surface area (Å²) in [6.45, 7) is 2.01. The fourth-order valence-electron chi connectivity index (χ4n) is 2.56. The molecule has 0 aliphatic carbocycles. The highest BCUT2D eigenvalue weighted by Gasteiger charge is 2.15. The number of hydrogen-bond donors (Lipinski definition) is 2. The molecule has 0 saturated heterocycles. The second-order valence-electron chi connectivity index (χ2n) is 6.47. The minimum atomic E-state index is -0.843. The van der Waals surface area contributed by atoms with Crippen molar-refractivity contribution in [2.24, 2.45) is 4.99 Å². The lowest BCUT2D eigenvalue weighted by atomic mass is 10.2. The van der Waals surface area contributed by atoms with Gasteiger partial charge >= 0.3 is 17.8 Å². The highest BCUT2D eigenvalue weighted by atomic mass is 35.5. The summed E-state index contributed by atoms with van der Waals surface area (Å²) in [6.07, 6.45) is 1.54. The second kappa shape index (κ2) is 10.9. The number of anilines is 1. The van der Waals surface area contributed by atoms with Crippen LogP contribution in [0.15, 0.2) is 70.1 Å². The monoisotopic (exact) mass is 453 g/mol. The molecule has 8 nitrogen and oxygen atoms in total. The number of esters is 1. The zero-order valence-electron chi connectivity index (χ0n) is 17.1. The first-order valence-electron chi connectivity index (χ1n) is 9.69. The number of nitrogens with zero attached hydrogens (tertiary/aromatic N) is 1. The maximum atomic E-state index is 12.1. The molecule has 3 rings (SSSR count). The van der Waals surface area contributed by atoms with Crippen molar-refractivity contribution in [3.8, 4) is 0 Å². The van der Waals surface area contributed by atoms with E-state index in [1.54, 1.807) is 49.5 Å². The number of aliphatic imine (C=N–C) groups is 1. The van der Waals surface area contributed by atoms with Crippen molar-refractivity contribution >= 4 is 47.0 Å². The molecule has 0 unspecified atom stereocenters. The van der Waals surface area contributed by atoms with Crippen LogP contribution in [0, 0.1) is 0 Å². The Bertz CT molecular complexity index is 1120. The van der Waals surface area contributed by atoms with Gasteiger partial charge in [-0.15, -0.1) is 0 Å². The first-order valence-corrected chi connectivity index (χ1v) is 10.1. The van der Waals surface area contributed by atoms with Crippen LogP contribution in [0.1, 0.15) is 28.8 Å². The van der Waals surface area contributed by atoms with Crippen LogP contribution < -0.4 is 10.6 Å². The number of amides is 2. The Morgan fingerprint density at radius 2 is 1.72 bits per heavy atom. The summed E-state index contributed by atoms with van der Waals surface area (Å²) in [6, 6.07) is 16.4. The number of benzene rings is 2.